The molecule has 1 atom stereocenters. The normalized spacial score (nSPS) is 12.5. The van der Waals surface area contributed by atoms with Crippen LogP contribution in [0.15, 0.2) is 41.2 Å². The van der Waals surface area contributed by atoms with E-state index in [1.807, 2.05) is 43.3 Å². The number of aromatic nitrogens is 2. The summed E-state index contributed by atoms with van der Waals surface area (Å²) in [5.41, 5.74) is 10.7. The molecule has 3 aromatic rings. The van der Waals surface area contributed by atoms with E-state index in [9.17, 15) is 4.79 Å². The van der Waals surface area contributed by atoms with E-state index in [2.05, 4.69) is 9.97 Å². The lowest BCUT2D eigenvalue weighted by molar-refractivity contribution is 0.414. The third kappa shape index (κ3) is 2.43. The molecule has 5 heteroatoms. The minimum Gasteiger partial charge on any atom is -0.497 e. The Morgan fingerprint density at radius 1 is 1.14 bits per heavy atom. The Morgan fingerprint density at radius 3 is 2.57 bits per heavy atom. The molecule has 1 unspecified atom stereocenters. The van der Waals surface area contributed by atoms with Gasteiger partial charge in [0.05, 0.1) is 24.2 Å². The van der Waals surface area contributed by atoms with E-state index in [1.54, 1.807) is 7.11 Å². The van der Waals surface area contributed by atoms with Crippen LogP contribution in [-0.2, 0) is 0 Å². The second-order valence-corrected chi connectivity index (χ2v) is 5.09. The largest absolute Gasteiger partial charge is 0.497 e. The fourth-order valence-corrected chi connectivity index (χ4v) is 2.56. The standard InChI is InChI=1S/C16H17N3O2/c1-9-6-13-14(19-16(20)18-13)8-12(9)15(17)10-4-3-5-11(7-10)21-2/h3-8,15H,17H2,1-2H3,(H2,18,19,20). The van der Waals surface area contributed by atoms with E-state index in [-0.39, 0.29) is 11.7 Å². The minimum absolute atomic E-state index is 0.212. The van der Waals surface area contributed by atoms with Gasteiger partial charge in [0.2, 0.25) is 0 Å². The zero-order chi connectivity index (χ0) is 15.0. The van der Waals surface area contributed by atoms with Crippen molar-refractivity contribution in [1.29, 1.82) is 0 Å². The highest BCUT2D eigenvalue weighted by Crippen LogP contribution is 2.27. The molecule has 4 N–H and O–H groups in total. The maximum absolute atomic E-state index is 11.4. The molecular weight excluding hydrogens is 266 g/mol. The van der Waals surface area contributed by atoms with Crippen LogP contribution in [0.25, 0.3) is 11.0 Å². The summed E-state index contributed by atoms with van der Waals surface area (Å²) in [7, 11) is 1.63. The van der Waals surface area contributed by atoms with Gasteiger partial charge in [0.25, 0.3) is 0 Å². The highest BCUT2D eigenvalue weighted by atomic mass is 16.5. The third-order valence-electron chi connectivity index (χ3n) is 3.69. The average Bonchev–Trinajstić information content (AvgIpc) is 2.84. The summed E-state index contributed by atoms with van der Waals surface area (Å²) < 4.78 is 5.24. The summed E-state index contributed by atoms with van der Waals surface area (Å²) in [6.45, 7) is 1.99. The number of methoxy groups -OCH3 is 1. The van der Waals surface area contributed by atoms with E-state index in [4.69, 9.17) is 10.5 Å². The van der Waals surface area contributed by atoms with Crippen molar-refractivity contribution in [2.24, 2.45) is 5.73 Å². The highest BCUT2D eigenvalue weighted by molar-refractivity contribution is 5.76. The first-order valence-corrected chi connectivity index (χ1v) is 6.70. The first-order valence-electron chi connectivity index (χ1n) is 6.70. The van der Waals surface area contributed by atoms with Crippen molar-refractivity contribution in [1.82, 2.24) is 9.97 Å². The number of aryl methyl sites for hydroxylation is 1. The molecule has 3 rings (SSSR count). The van der Waals surface area contributed by atoms with Gasteiger partial charge in [-0.1, -0.05) is 12.1 Å². The molecule has 0 aliphatic carbocycles. The first-order chi connectivity index (χ1) is 10.1. The predicted molar refractivity (Wildman–Crippen MR) is 82.7 cm³/mol. The molecule has 1 heterocycles. The lowest BCUT2D eigenvalue weighted by Gasteiger charge is -2.16. The van der Waals surface area contributed by atoms with Crippen LogP contribution in [0.2, 0.25) is 0 Å². The monoisotopic (exact) mass is 283 g/mol. The molecule has 0 saturated carbocycles. The van der Waals surface area contributed by atoms with Gasteiger partial charge in [-0.3, -0.25) is 0 Å². The second-order valence-electron chi connectivity index (χ2n) is 5.09. The van der Waals surface area contributed by atoms with E-state index >= 15 is 0 Å². The number of hydrogen-bond acceptors (Lipinski definition) is 3. The average molecular weight is 283 g/mol. The maximum Gasteiger partial charge on any atom is 0.323 e. The molecule has 0 amide bonds. The summed E-state index contributed by atoms with van der Waals surface area (Å²) in [6.07, 6.45) is 0. The number of nitrogens with two attached hydrogens (primary N) is 1. The van der Waals surface area contributed by atoms with Crippen LogP contribution >= 0.6 is 0 Å². The topological polar surface area (TPSA) is 83.9 Å². The minimum atomic E-state index is -0.275. The van der Waals surface area contributed by atoms with Gasteiger partial charge in [0.15, 0.2) is 0 Å². The molecule has 1 aromatic heterocycles. The number of imidazole rings is 1. The second kappa shape index (κ2) is 5.10. The molecule has 5 nitrogen and oxygen atoms in total. The molecule has 0 fully saturated rings. The summed E-state index contributed by atoms with van der Waals surface area (Å²) in [5, 5.41) is 0. The van der Waals surface area contributed by atoms with Gasteiger partial charge in [-0.2, -0.15) is 0 Å². The smallest absolute Gasteiger partial charge is 0.323 e. The van der Waals surface area contributed by atoms with Gasteiger partial charge in [0.1, 0.15) is 5.75 Å². The van der Waals surface area contributed by atoms with Crippen molar-refractivity contribution in [2.45, 2.75) is 13.0 Å². The van der Waals surface area contributed by atoms with E-state index in [1.165, 1.54) is 0 Å². The Kier molecular flexibility index (Phi) is 3.27. The molecule has 0 spiro atoms. The van der Waals surface area contributed by atoms with Crippen molar-refractivity contribution < 1.29 is 4.74 Å². The van der Waals surface area contributed by atoms with Crippen molar-refractivity contribution >= 4 is 11.0 Å². The van der Waals surface area contributed by atoms with E-state index < -0.39 is 0 Å². The Balaban J connectivity index is 2.09. The zero-order valence-electron chi connectivity index (χ0n) is 11.9. The third-order valence-corrected chi connectivity index (χ3v) is 3.69. The summed E-state index contributed by atoms with van der Waals surface area (Å²) in [5.74, 6) is 0.775. The van der Waals surface area contributed by atoms with Gasteiger partial charge in [-0.15, -0.1) is 0 Å². The number of aromatic amines is 2. The Labute approximate surface area is 121 Å². The lowest BCUT2D eigenvalue weighted by Crippen LogP contribution is -2.13. The number of fused-ring (bicyclic) bond motifs is 1. The van der Waals surface area contributed by atoms with Gasteiger partial charge in [-0.05, 0) is 47.9 Å². The zero-order valence-corrected chi connectivity index (χ0v) is 11.9. The van der Waals surface area contributed by atoms with Crippen LogP contribution in [0.1, 0.15) is 22.7 Å². The number of benzene rings is 2. The van der Waals surface area contributed by atoms with E-state index in [0.717, 1.165) is 33.5 Å². The fourth-order valence-electron chi connectivity index (χ4n) is 2.56. The van der Waals surface area contributed by atoms with Crippen LogP contribution in [0, 0.1) is 6.92 Å². The number of rotatable bonds is 3. The predicted octanol–water partition coefficient (Wildman–Crippen LogP) is 2.22. The number of ether oxygens (including phenoxy) is 1. The van der Waals surface area contributed by atoms with Crippen LogP contribution in [0.4, 0.5) is 0 Å². The Bertz CT molecular complexity index is 848. The van der Waals surface area contributed by atoms with Crippen LogP contribution in [0.3, 0.4) is 0 Å². The molecule has 0 aliphatic rings. The highest BCUT2D eigenvalue weighted by Gasteiger charge is 2.14. The SMILES string of the molecule is COc1cccc(C(N)c2cc3[nH]c(=O)[nH]c3cc2C)c1. The quantitative estimate of drug-likeness (QED) is 0.689. The van der Waals surface area contributed by atoms with Crippen molar-refractivity contribution in [3.63, 3.8) is 0 Å². The molecule has 21 heavy (non-hydrogen) atoms. The molecule has 2 aromatic carbocycles. The molecule has 0 saturated heterocycles. The first kappa shape index (κ1) is 13.5. The van der Waals surface area contributed by atoms with Crippen LogP contribution < -0.4 is 16.2 Å². The van der Waals surface area contributed by atoms with Crippen LogP contribution in [0.5, 0.6) is 5.75 Å². The molecule has 0 bridgehead atoms. The van der Waals surface area contributed by atoms with Gasteiger partial charge >= 0.3 is 5.69 Å². The van der Waals surface area contributed by atoms with Crippen LogP contribution in [-0.4, -0.2) is 17.1 Å². The summed E-state index contributed by atoms with van der Waals surface area (Å²) in [6, 6.07) is 11.3. The van der Waals surface area contributed by atoms with E-state index in [0.29, 0.717) is 0 Å². The number of nitrogens with one attached hydrogen (secondary N) is 2. The van der Waals surface area contributed by atoms with Gasteiger partial charge < -0.3 is 20.4 Å². The van der Waals surface area contributed by atoms with Gasteiger partial charge in [0, 0.05) is 0 Å². The Hall–Kier alpha value is -2.53. The maximum atomic E-state index is 11.4. The molecule has 108 valence electrons. The van der Waals surface area contributed by atoms with Crippen molar-refractivity contribution in [2.75, 3.05) is 7.11 Å². The Morgan fingerprint density at radius 2 is 1.86 bits per heavy atom. The summed E-state index contributed by atoms with van der Waals surface area (Å²) in [4.78, 5) is 16.9. The van der Waals surface area contributed by atoms with Gasteiger partial charge in [-0.25, -0.2) is 4.79 Å². The van der Waals surface area contributed by atoms with Crippen molar-refractivity contribution in [3.8, 4) is 5.75 Å². The lowest BCUT2D eigenvalue weighted by atomic mass is 9.95. The van der Waals surface area contributed by atoms with Crippen molar-refractivity contribution in [3.05, 3.63) is 63.6 Å². The molecule has 0 aliphatic heterocycles. The molecule has 0 radical (unpaired) electrons. The number of hydrogen-bond donors (Lipinski definition) is 3. The fraction of sp³-hybridized carbons (Fsp3) is 0.188. The number of H-pyrrole nitrogens is 2. The molecular formula is C16H17N3O2. The summed E-state index contributed by atoms with van der Waals surface area (Å²) >= 11 is 0.